The number of carbonyl (C=O) groups is 1. The highest BCUT2D eigenvalue weighted by Gasteiger charge is 2.19. The summed E-state index contributed by atoms with van der Waals surface area (Å²) in [7, 11) is 0. The van der Waals surface area contributed by atoms with Gasteiger partial charge in [-0.1, -0.05) is 38.0 Å². The molecular formula is C20H29ClN4O2. The Bertz CT molecular complexity index is 815. The number of piperidine rings is 1. The van der Waals surface area contributed by atoms with Crippen LogP contribution in [-0.2, 0) is 6.54 Å². The van der Waals surface area contributed by atoms with E-state index in [4.69, 9.17) is 0 Å². The van der Waals surface area contributed by atoms with Crippen molar-refractivity contribution >= 4 is 29.1 Å². The van der Waals surface area contributed by atoms with Gasteiger partial charge in [-0.05, 0) is 44.3 Å². The summed E-state index contributed by atoms with van der Waals surface area (Å²) >= 11 is 0. The van der Waals surface area contributed by atoms with Crippen LogP contribution in [0.1, 0.15) is 49.5 Å². The zero-order valence-electron chi connectivity index (χ0n) is 15.9. The molecule has 3 rings (SSSR count). The fourth-order valence-corrected chi connectivity index (χ4v) is 3.48. The first-order chi connectivity index (χ1) is 12.7. The highest BCUT2D eigenvalue weighted by molar-refractivity contribution is 6.04. The second-order valence-corrected chi connectivity index (χ2v) is 7.05. The van der Waals surface area contributed by atoms with E-state index in [0.717, 1.165) is 45.2 Å². The van der Waals surface area contributed by atoms with Crippen molar-refractivity contribution in [3.8, 4) is 0 Å². The van der Waals surface area contributed by atoms with Crippen LogP contribution in [0, 0.1) is 5.92 Å². The third-order valence-corrected chi connectivity index (χ3v) is 5.01. The van der Waals surface area contributed by atoms with Crippen molar-refractivity contribution in [1.82, 2.24) is 20.4 Å². The summed E-state index contributed by atoms with van der Waals surface area (Å²) < 4.78 is 1.45. The summed E-state index contributed by atoms with van der Waals surface area (Å²) in [4.78, 5) is 25.4. The topological polar surface area (TPSA) is 76.0 Å². The number of fused-ring (bicyclic) bond motifs is 1. The number of amides is 1. The molecule has 1 aromatic carbocycles. The maximum Gasteiger partial charge on any atom is 0.274 e. The minimum absolute atomic E-state index is 0. The van der Waals surface area contributed by atoms with Crippen LogP contribution >= 0.6 is 12.4 Å². The van der Waals surface area contributed by atoms with Crippen molar-refractivity contribution in [1.29, 1.82) is 0 Å². The van der Waals surface area contributed by atoms with Crippen molar-refractivity contribution in [2.75, 3.05) is 19.6 Å². The Morgan fingerprint density at radius 3 is 2.78 bits per heavy atom. The van der Waals surface area contributed by atoms with Gasteiger partial charge in [-0.2, -0.15) is 5.10 Å². The fraction of sp³-hybridized carbons (Fsp3) is 0.550. The van der Waals surface area contributed by atoms with Gasteiger partial charge in [0, 0.05) is 18.5 Å². The lowest BCUT2D eigenvalue weighted by Crippen LogP contribution is -2.39. The fourth-order valence-electron chi connectivity index (χ4n) is 3.48. The number of hydrogen-bond donors (Lipinski definition) is 2. The number of halogens is 1. The summed E-state index contributed by atoms with van der Waals surface area (Å²) in [5.74, 6) is 0.255. The summed E-state index contributed by atoms with van der Waals surface area (Å²) in [6.07, 6.45) is 5.26. The number of nitrogens with zero attached hydrogens (tertiary/aromatic N) is 2. The standard InChI is InChI=1S/C20H28N4O2.ClH/c1-2-3-6-12-24-20(26)17-10-5-4-9-16(17)18(23-24)19(25)22-14-15-8-7-11-21-13-15;/h4-5,9-10,15,21H,2-3,6-8,11-14H2,1H3,(H,22,25);1H. The number of unbranched alkanes of at least 4 members (excludes halogenated alkanes) is 2. The number of hydrogen-bond acceptors (Lipinski definition) is 4. The van der Waals surface area contributed by atoms with Gasteiger partial charge in [0.25, 0.3) is 11.5 Å². The van der Waals surface area contributed by atoms with Gasteiger partial charge >= 0.3 is 0 Å². The molecule has 0 radical (unpaired) electrons. The zero-order valence-corrected chi connectivity index (χ0v) is 16.7. The highest BCUT2D eigenvalue weighted by Crippen LogP contribution is 2.14. The van der Waals surface area contributed by atoms with E-state index >= 15 is 0 Å². The van der Waals surface area contributed by atoms with E-state index < -0.39 is 0 Å². The average Bonchev–Trinajstić information content (AvgIpc) is 2.69. The van der Waals surface area contributed by atoms with Crippen LogP contribution in [0.4, 0.5) is 0 Å². The number of rotatable bonds is 7. The predicted molar refractivity (Wildman–Crippen MR) is 111 cm³/mol. The molecule has 27 heavy (non-hydrogen) atoms. The van der Waals surface area contributed by atoms with Crippen LogP contribution in [0.25, 0.3) is 10.8 Å². The summed E-state index contributed by atoms with van der Waals surface area (Å²) in [6.45, 7) is 5.29. The summed E-state index contributed by atoms with van der Waals surface area (Å²) in [5.41, 5.74) is 0.227. The van der Waals surface area contributed by atoms with Gasteiger partial charge < -0.3 is 10.6 Å². The van der Waals surface area contributed by atoms with E-state index in [1.165, 1.54) is 4.68 Å². The molecule has 1 saturated heterocycles. The first-order valence-electron chi connectivity index (χ1n) is 9.69. The largest absolute Gasteiger partial charge is 0.350 e. The molecular weight excluding hydrogens is 364 g/mol. The van der Waals surface area contributed by atoms with Gasteiger partial charge in [-0.3, -0.25) is 9.59 Å². The molecule has 1 aliphatic rings. The Morgan fingerprint density at radius 1 is 1.30 bits per heavy atom. The average molecular weight is 393 g/mol. The number of nitrogens with one attached hydrogen (secondary N) is 2. The maximum absolute atomic E-state index is 12.8. The minimum atomic E-state index is -0.198. The van der Waals surface area contributed by atoms with E-state index in [1.54, 1.807) is 12.1 Å². The van der Waals surface area contributed by atoms with Gasteiger partial charge in [0.05, 0.1) is 5.39 Å². The van der Waals surface area contributed by atoms with Crippen molar-refractivity contribution in [3.63, 3.8) is 0 Å². The predicted octanol–water partition coefficient (Wildman–Crippen LogP) is 2.74. The third kappa shape index (κ3) is 5.30. The molecule has 0 bridgehead atoms. The van der Waals surface area contributed by atoms with Crippen molar-refractivity contribution in [3.05, 3.63) is 40.3 Å². The van der Waals surface area contributed by atoms with E-state index in [-0.39, 0.29) is 23.9 Å². The van der Waals surface area contributed by atoms with Crippen LogP contribution in [0.5, 0.6) is 0 Å². The lowest BCUT2D eigenvalue weighted by molar-refractivity contribution is 0.0939. The Balaban J connectivity index is 0.00000261. The monoisotopic (exact) mass is 392 g/mol. The Morgan fingerprint density at radius 2 is 2.07 bits per heavy atom. The molecule has 2 N–H and O–H groups in total. The van der Waals surface area contributed by atoms with Gasteiger partial charge in [0.1, 0.15) is 0 Å². The second kappa shape index (κ2) is 10.4. The van der Waals surface area contributed by atoms with Gasteiger partial charge in [0.2, 0.25) is 0 Å². The molecule has 1 unspecified atom stereocenters. The molecule has 1 amide bonds. The van der Waals surface area contributed by atoms with E-state index in [9.17, 15) is 9.59 Å². The third-order valence-electron chi connectivity index (χ3n) is 5.01. The highest BCUT2D eigenvalue weighted by atomic mass is 35.5. The maximum atomic E-state index is 12.8. The van der Waals surface area contributed by atoms with E-state index in [1.807, 2.05) is 12.1 Å². The second-order valence-electron chi connectivity index (χ2n) is 7.05. The quantitative estimate of drug-likeness (QED) is 0.710. The molecule has 2 aromatic rings. The van der Waals surface area contributed by atoms with Crippen LogP contribution in [0.3, 0.4) is 0 Å². The molecule has 0 saturated carbocycles. The van der Waals surface area contributed by atoms with Crippen LogP contribution in [0.2, 0.25) is 0 Å². The Kier molecular flexibility index (Phi) is 8.25. The SMILES string of the molecule is CCCCCn1nc(C(=O)NCC2CCCNC2)c2ccccc2c1=O.Cl. The number of carbonyl (C=O) groups excluding carboxylic acids is 1. The van der Waals surface area contributed by atoms with Crippen LogP contribution in [-0.4, -0.2) is 35.3 Å². The molecule has 1 fully saturated rings. The van der Waals surface area contributed by atoms with E-state index in [2.05, 4.69) is 22.7 Å². The first kappa shape index (κ1) is 21.4. The molecule has 7 heteroatoms. The van der Waals surface area contributed by atoms with Gasteiger partial charge in [-0.15, -0.1) is 12.4 Å². The van der Waals surface area contributed by atoms with Crippen molar-refractivity contribution in [2.45, 2.75) is 45.6 Å². The summed E-state index contributed by atoms with van der Waals surface area (Å²) in [6, 6.07) is 7.25. The summed E-state index contributed by atoms with van der Waals surface area (Å²) in [5, 5.41) is 12.0. The van der Waals surface area contributed by atoms with Gasteiger partial charge in [-0.25, -0.2) is 4.68 Å². The van der Waals surface area contributed by atoms with Crippen molar-refractivity contribution < 1.29 is 4.79 Å². The van der Waals surface area contributed by atoms with Gasteiger partial charge in [0.15, 0.2) is 5.69 Å². The molecule has 1 aromatic heterocycles. The molecule has 0 aliphatic carbocycles. The number of aromatic nitrogens is 2. The Hall–Kier alpha value is -1.92. The van der Waals surface area contributed by atoms with Crippen LogP contribution in [0.15, 0.2) is 29.1 Å². The molecule has 148 valence electrons. The first-order valence-corrected chi connectivity index (χ1v) is 9.69. The minimum Gasteiger partial charge on any atom is -0.350 e. The van der Waals surface area contributed by atoms with E-state index in [0.29, 0.717) is 35.5 Å². The Labute approximate surface area is 166 Å². The smallest absolute Gasteiger partial charge is 0.274 e. The number of benzene rings is 1. The molecule has 1 aliphatic heterocycles. The molecule has 6 nitrogen and oxygen atoms in total. The van der Waals surface area contributed by atoms with Crippen LogP contribution < -0.4 is 16.2 Å². The molecule has 2 heterocycles. The number of aryl methyl sites for hydroxylation is 1. The lowest BCUT2D eigenvalue weighted by Gasteiger charge is -2.22. The normalized spacial score (nSPS) is 16.7. The zero-order chi connectivity index (χ0) is 18.4. The molecule has 0 spiro atoms. The molecule has 1 atom stereocenters. The lowest BCUT2D eigenvalue weighted by atomic mass is 10.00. The van der Waals surface area contributed by atoms with Crippen molar-refractivity contribution in [2.24, 2.45) is 5.92 Å².